The number of aliphatic hydroxyl groups is 1. The van der Waals surface area contributed by atoms with Gasteiger partial charge in [0.1, 0.15) is 5.75 Å². The van der Waals surface area contributed by atoms with Crippen LogP contribution in [0.1, 0.15) is 23.7 Å². The van der Waals surface area contributed by atoms with Gasteiger partial charge in [-0.15, -0.1) is 0 Å². The second-order valence-electron chi connectivity index (χ2n) is 3.91. The molecule has 1 atom stereocenters. The zero-order chi connectivity index (χ0) is 11.8. The zero-order valence-electron chi connectivity index (χ0n) is 9.69. The molecule has 0 aliphatic carbocycles. The number of para-hydroxylation sites is 1. The van der Waals surface area contributed by atoms with E-state index in [-0.39, 0.29) is 6.42 Å². The molecule has 1 N–H and O–H groups in total. The van der Waals surface area contributed by atoms with Gasteiger partial charge in [-0.1, -0.05) is 18.2 Å². The van der Waals surface area contributed by atoms with Gasteiger partial charge in [-0.2, -0.15) is 0 Å². The second kappa shape index (κ2) is 4.05. The lowest BCUT2D eigenvalue weighted by Gasteiger charge is -2.38. The molecule has 2 rings (SSSR count). The molecule has 4 heteroatoms. The van der Waals surface area contributed by atoms with E-state index in [0.717, 1.165) is 11.1 Å². The van der Waals surface area contributed by atoms with Crippen LogP contribution in [0, 0.1) is 6.92 Å². The first kappa shape index (κ1) is 11.4. The number of aliphatic hydroxyl groups excluding tert-OH is 1. The lowest BCUT2D eigenvalue weighted by atomic mass is 9.99. The van der Waals surface area contributed by atoms with Crippen LogP contribution in [0.4, 0.5) is 0 Å². The number of hydrogen-bond donors (Lipinski definition) is 1. The highest BCUT2D eigenvalue weighted by Gasteiger charge is 2.42. The molecular weight excluding hydrogens is 208 g/mol. The number of fused-ring (bicyclic) bond motifs is 1. The second-order valence-corrected chi connectivity index (χ2v) is 3.91. The molecule has 1 heterocycles. The maximum absolute atomic E-state index is 10.0. The first-order valence-corrected chi connectivity index (χ1v) is 5.19. The maximum Gasteiger partial charge on any atom is 0.329 e. The summed E-state index contributed by atoms with van der Waals surface area (Å²) in [6.07, 6.45) is -0.375. The van der Waals surface area contributed by atoms with E-state index in [4.69, 9.17) is 14.2 Å². The van der Waals surface area contributed by atoms with E-state index in [0.29, 0.717) is 5.75 Å². The van der Waals surface area contributed by atoms with Crippen molar-refractivity contribution in [2.45, 2.75) is 25.4 Å². The summed E-state index contributed by atoms with van der Waals surface area (Å²) >= 11 is 0. The standard InChI is InChI=1S/C12H16O4/c1-8-5-4-6-9-10(13)7-12(14-2,15-3)16-11(8)9/h4-6,10,13H,7H2,1-3H3. The summed E-state index contributed by atoms with van der Waals surface area (Å²) in [6, 6.07) is 5.67. The third-order valence-electron chi connectivity index (χ3n) is 2.92. The van der Waals surface area contributed by atoms with Gasteiger partial charge in [0.25, 0.3) is 0 Å². The molecule has 1 aliphatic rings. The molecule has 16 heavy (non-hydrogen) atoms. The van der Waals surface area contributed by atoms with Gasteiger partial charge >= 0.3 is 5.97 Å². The Kier molecular flexibility index (Phi) is 2.88. The Bertz CT molecular complexity index is 385. The molecule has 0 bridgehead atoms. The van der Waals surface area contributed by atoms with Gasteiger partial charge in [0.15, 0.2) is 0 Å². The molecule has 1 aromatic carbocycles. The van der Waals surface area contributed by atoms with E-state index in [1.807, 2.05) is 25.1 Å². The normalized spacial score (nSPS) is 22.4. The summed E-state index contributed by atoms with van der Waals surface area (Å²) < 4.78 is 16.1. The van der Waals surface area contributed by atoms with Crippen LogP contribution in [0.5, 0.6) is 5.75 Å². The van der Waals surface area contributed by atoms with E-state index in [1.165, 1.54) is 14.2 Å². The summed E-state index contributed by atoms with van der Waals surface area (Å²) in [7, 11) is 3.00. The minimum absolute atomic E-state index is 0.260. The lowest BCUT2D eigenvalue weighted by Crippen LogP contribution is -2.44. The Morgan fingerprint density at radius 1 is 1.38 bits per heavy atom. The molecule has 0 fully saturated rings. The molecule has 4 nitrogen and oxygen atoms in total. The monoisotopic (exact) mass is 224 g/mol. The Morgan fingerprint density at radius 2 is 2.06 bits per heavy atom. The first-order valence-electron chi connectivity index (χ1n) is 5.19. The van der Waals surface area contributed by atoms with Crippen molar-refractivity contribution in [3.8, 4) is 5.75 Å². The van der Waals surface area contributed by atoms with E-state index in [9.17, 15) is 5.11 Å². The predicted molar refractivity (Wildman–Crippen MR) is 58.1 cm³/mol. The van der Waals surface area contributed by atoms with Gasteiger partial charge in [-0.3, -0.25) is 0 Å². The number of hydrogen-bond acceptors (Lipinski definition) is 4. The Labute approximate surface area is 94.8 Å². The van der Waals surface area contributed by atoms with Crippen molar-refractivity contribution >= 4 is 0 Å². The van der Waals surface area contributed by atoms with Crippen LogP contribution in [0.15, 0.2) is 18.2 Å². The third kappa shape index (κ3) is 1.69. The molecule has 0 spiro atoms. The molecule has 0 saturated heterocycles. The third-order valence-corrected chi connectivity index (χ3v) is 2.92. The van der Waals surface area contributed by atoms with Crippen molar-refractivity contribution in [1.82, 2.24) is 0 Å². The zero-order valence-corrected chi connectivity index (χ0v) is 9.69. The highest BCUT2D eigenvalue weighted by molar-refractivity contribution is 5.43. The van der Waals surface area contributed by atoms with Crippen LogP contribution in [0.2, 0.25) is 0 Å². The van der Waals surface area contributed by atoms with Crippen LogP contribution >= 0.6 is 0 Å². The fraction of sp³-hybridized carbons (Fsp3) is 0.500. The summed E-state index contributed by atoms with van der Waals surface area (Å²) in [5.41, 5.74) is 1.74. The van der Waals surface area contributed by atoms with Gasteiger partial charge in [-0.25, -0.2) is 0 Å². The molecule has 0 radical (unpaired) electrons. The van der Waals surface area contributed by atoms with Gasteiger partial charge in [0.05, 0.1) is 12.5 Å². The number of aryl methyl sites for hydroxylation is 1. The van der Waals surface area contributed by atoms with Gasteiger partial charge in [0.2, 0.25) is 0 Å². The highest BCUT2D eigenvalue weighted by atomic mass is 16.9. The summed E-state index contributed by atoms with van der Waals surface area (Å²) in [5.74, 6) is -0.539. The van der Waals surface area contributed by atoms with E-state index in [1.54, 1.807) is 0 Å². The fourth-order valence-electron chi connectivity index (χ4n) is 1.95. The molecule has 0 saturated carbocycles. The Hall–Kier alpha value is -1.10. The van der Waals surface area contributed by atoms with Crippen LogP contribution < -0.4 is 4.74 Å². The molecule has 1 aliphatic heterocycles. The van der Waals surface area contributed by atoms with Gasteiger partial charge < -0.3 is 19.3 Å². The molecule has 88 valence electrons. The smallest absolute Gasteiger partial charge is 0.329 e. The SMILES string of the molecule is COC1(OC)CC(O)c2cccc(C)c2O1. The largest absolute Gasteiger partial charge is 0.438 e. The molecule has 0 aromatic heterocycles. The van der Waals surface area contributed by atoms with Crippen LogP contribution in [-0.2, 0) is 9.47 Å². The van der Waals surface area contributed by atoms with Crippen molar-refractivity contribution in [2.24, 2.45) is 0 Å². The van der Waals surface area contributed by atoms with Crippen LogP contribution in [0.3, 0.4) is 0 Å². The summed E-state index contributed by atoms with van der Waals surface area (Å²) in [5, 5.41) is 10.0. The van der Waals surface area contributed by atoms with E-state index in [2.05, 4.69) is 0 Å². The number of rotatable bonds is 2. The molecule has 1 unspecified atom stereocenters. The quantitative estimate of drug-likeness (QED) is 0.777. The summed E-state index contributed by atoms with van der Waals surface area (Å²) in [4.78, 5) is 0. The van der Waals surface area contributed by atoms with Crippen molar-refractivity contribution in [3.63, 3.8) is 0 Å². The van der Waals surface area contributed by atoms with Crippen LogP contribution in [0.25, 0.3) is 0 Å². The van der Waals surface area contributed by atoms with Crippen molar-refractivity contribution < 1.29 is 19.3 Å². The molecular formula is C12H16O4. The lowest BCUT2D eigenvalue weighted by molar-refractivity contribution is -0.339. The maximum atomic E-state index is 10.0. The average Bonchev–Trinajstić information content (AvgIpc) is 2.30. The number of ether oxygens (including phenoxy) is 3. The topological polar surface area (TPSA) is 47.9 Å². The minimum atomic E-state index is -1.18. The number of methoxy groups -OCH3 is 2. The fourth-order valence-corrected chi connectivity index (χ4v) is 1.95. The van der Waals surface area contributed by atoms with Crippen molar-refractivity contribution in [3.05, 3.63) is 29.3 Å². The van der Waals surface area contributed by atoms with Crippen molar-refractivity contribution in [1.29, 1.82) is 0 Å². The average molecular weight is 224 g/mol. The summed E-state index contributed by atoms with van der Waals surface area (Å²) in [6.45, 7) is 1.92. The van der Waals surface area contributed by atoms with E-state index < -0.39 is 12.1 Å². The van der Waals surface area contributed by atoms with Crippen molar-refractivity contribution in [2.75, 3.05) is 14.2 Å². The molecule has 1 aromatic rings. The Morgan fingerprint density at radius 3 is 2.69 bits per heavy atom. The first-order chi connectivity index (χ1) is 7.62. The molecule has 0 amide bonds. The Balaban J connectivity index is 2.45. The van der Waals surface area contributed by atoms with Crippen LogP contribution in [-0.4, -0.2) is 25.3 Å². The predicted octanol–water partition coefficient (Wildman–Crippen LogP) is 1.76. The number of benzene rings is 1. The van der Waals surface area contributed by atoms with Gasteiger partial charge in [0, 0.05) is 19.8 Å². The van der Waals surface area contributed by atoms with Gasteiger partial charge in [-0.05, 0) is 12.5 Å². The highest BCUT2D eigenvalue weighted by Crippen LogP contribution is 2.41. The minimum Gasteiger partial charge on any atom is -0.438 e. The van der Waals surface area contributed by atoms with E-state index >= 15 is 0 Å².